The van der Waals surface area contributed by atoms with Gasteiger partial charge in [0.1, 0.15) is 5.82 Å². The van der Waals surface area contributed by atoms with Crippen LogP contribution in [0.1, 0.15) is 35.6 Å². The molecule has 1 aromatic carbocycles. The normalized spacial score (nSPS) is 18.1. The zero-order valence-corrected chi connectivity index (χ0v) is 18.7. The zero-order chi connectivity index (χ0) is 19.9. The third kappa shape index (κ3) is 3.48. The van der Waals surface area contributed by atoms with Crippen molar-refractivity contribution >= 4 is 34.9 Å². The Balaban J connectivity index is 1.23. The van der Waals surface area contributed by atoms with E-state index in [1.54, 1.807) is 23.1 Å². The van der Waals surface area contributed by atoms with Crippen molar-refractivity contribution in [1.82, 2.24) is 29.5 Å². The van der Waals surface area contributed by atoms with Crippen LogP contribution in [0.15, 0.2) is 58.2 Å². The van der Waals surface area contributed by atoms with Crippen LogP contribution in [0.25, 0.3) is 11.4 Å². The highest BCUT2D eigenvalue weighted by atomic mass is 32.2. The number of thioether (sulfide) groups is 2. The van der Waals surface area contributed by atoms with Gasteiger partial charge in [-0.05, 0) is 24.3 Å². The summed E-state index contributed by atoms with van der Waals surface area (Å²) < 4.78 is 4.69. The van der Waals surface area contributed by atoms with E-state index in [2.05, 4.69) is 71.3 Å². The Morgan fingerprint density at radius 3 is 2.67 bits per heavy atom. The Bertz CT molecular complexity index is 1150. The van der Waals surface area contributed by atoms with E-state index in [0.29, 0.717) is 12.1 Å². The second kappa shape index (κ2) is 7.86. The van der Waals surface area contributed by atoms with Crippen molar-refractivity contribution < 1.29 is 0 Å². The number of fused-ring (bicyclic) bond motifs is 1. The molecule has 0 radical (unpaired) electrons. The number of hydrogen-bond acceptors (Lipinski definition) is 7. The molecule has 1 aliphatic heterocycles. The van der Waals surface area contributed by atoms with Crippen molar-refractivity contribution in [3.8, 4) is 11.4 Å². The first-order valence-corrected chi connectivity index (χ1v) is 12.9. The molecule has 0 bridgehead atoms. The molecule has 1 fully saturated rings. The Morgan fingerprint density at radius 2 is 1.87 bits per heavy atom. The minimum Gasteiger partial charge on any atom is -0.303 e. The summed E-state index contributed by atoms with van der Waals surface area (Å²) in [5.41, 5.74) is 1.12. The summed E-state index contributed by atoms with van der Waals surface area (Å²) in [5, 5.41) is 22.2. The second-order valence-corrected chi connectivity index (χ2v) is 10.6. The fraction of sp³-hybridized carbons (Fsp3) is 0.333. The van der Waals surface area contributed by atoms with E-state index in [1.807, 2.05) is 17.8 Å². The van der Waals surface area contributed by atoms with E-state index < -0.39 is 0 Å². The number of rotatable bonds is 7. The molecule has 30 heavy (non-hydrogen) atoms. The fourth-order valence-corrected chi connectivity index (χ4v) is 6.85. The topological polar surface area (TPSA) is 61.4 Å². The van der Waals surface area contributed by atoms with Crippen LogP contribution in [0.3, 0.4) is 0 Å². The molecule has 1 saturated carbocycles. The van der Waals surface area contributed by atoms with Crippen molar-refractivity contribution in [2.75, 3.05) is 11.5 Å². The van der Waals surface area contributed by atoms with Gasteiger partial charge in [-0.1, -0.05) is 59.9 Å². The number of aromatic nitrogens is 6. The molecule has 0 saturated heterocycles. The van der Waals surface area contributed by atoms with Crippen molar-refractivity contribution in [2.24, 2.45) is 0 Å². The molecule has 2 aliphatic rings. The van der Waals surface area contributed by atoms with Crippen LogP contribution < -0.4 is 0 Å². The van der Waals surface area contributed by atoms with E-state index in [0.717, 1.165) is 45.5 Å². The first-order chi connectivity index (χ1) is 14.9. The summed E-state index contributed by atoms with van der Waals surface area (Å²) >= 11 is 5.40. The van der Waals surface area contributed by atoms with Crippen LogP contribution in [0, 0.1) is 0 Å². The minimum absolute atomic E-state index is 0.352. The van der Waals surface area contributed by atoms with E-state index >= 15 is 0 Å². The van der Waals surface area contributed by atoms with Gasteiger partial charge in [-0.2, -0.15) is 0 Å². The summed E-state index contributed by atoms with van der Waals surface area (Å²) in [4.78, 5) is 1.34. The highest BCUT2D eigenvalue weighted by Gasteiger charge is 2.32. The van der Waals surface area contributed by atoms with Crippen LogP contribution in [0.4, 0.5) is 0 Å². The van der Waals surface area contributed by atoms with Gasteiger partial charge in [0.15, 0.2) is 16.1 Å². The molecular formula is C21H20N6S3. The maximum Gasteiger partial charge on any atom is 0.191 e. The van der Waals surface area contributed by atoms with E-state index in [4.69, 9.17) is 0 Å². The quantitative estimate of drug-likeness (QED) is 0.369. The summed E-state index contributed by atoms with van der Waals surface area (Å²) in [6, 6.07) is 15.5. The van der Waals surface area contributed by atoms with Crippen LogP contribution in [-0.2, 0) is 6.42 Å². The van der Waals surface area contributed by atoms with Gasteiger partial charge < -0.3 is 4.57 Å². The highest BCUT2D eigenvalue weighted by Crippen LogP contribution is 2.42. The molecule has 152 valence electrons. The van der Waals surface area contributed by atoms with Gasteiger partial charge >= 0.3 is 0 Å². The highest BCUT2D eigenvalue weighted by molar-refractivity contribution is 8.00. The van der Waals surface area contributed by atoms with Gasteiger partial charge in [0.25, 0.3) is 0 Å². The monoisotopic (exact) mass is 452 g/mol. The summed E-state index contributed by atoms with van der Waals surface area (Å²) in [7, 11) is 0. The molecule has 1 atom stereocenters. The van der Waals surface area contributed by atoms with Crippen LogP contribution in [0.5, 0.6) is 0 Å². The first-order valence-electron chi connectivity index (χ1n) is 10.1. The van der Waals surface area contributed by atoms with Gasteiger partial charge in [-0.25, -0.2) is 0 Å². The fourth-order valence-electron chi connectivity index (χ4n) is 3.82. The molecule has 9 heteroatoms. The number of hydrogen-bond donors (Lipinski definition) is 0. The van der Waals surface area contributed by atoms with Crippen molar-refractivity contribution in [3.05, 3.63) is 58.5 Å². The molecule has 0 spiro atoms. The lowest BCUT2D eigenvalue weighted by atomic mass is 10.2. The van der Waals surface area contributed by atoms with Crippen molar-refractivity contribution in [3.63, 3.8) is 0 Å². The zero-order valence-electron chi connectivity index (χ0n) is 16.2. The summed E-state index contributed by atoms with van der Waals surface area (Å²) in [5.74, 6) is 4.03. The lowest BCUT2D eigenvalue weighted by molar-refractivity contribution is 0.592. The molecule has 3 aromatic heterocycles. The average Bonchev–Trinajstić information content (AvgIpc) is 3.17. The Hall–Kier alpha value is -2.10. The summed E-state index contributed by atoms with van der Waals surface area (Å²) in [6.07, 6.45) is 3.33. The van der Waals surface area contributed by atoms with E-state index in [1.165, 1.54) is 17.7 Å². The smallest absolute Gasteiger partial charge is 0.191 e. The third-order valence-corrected chi connectivity index (χ3v) is 8.48. The van der Waals surface area contributed by atoms with E-state index in [-0.39, 0.29) is 0 Å². The standard InChI is InChI=1S/C21H20N6S3/c1-2-5-14(6-3-1)19-23-25-21-27(19)16(13-30-21)12-29-20-24-22-18(26(20)15-8-9-15)11-17-7-4-10-28-17/h1-7,10,15-16H,8-9,11-13H2/t16-/m1/s1. The molecule has 1 aliphatic carbocycles. The number of thiophene rings is 1. The molecule has 0 unspecified atom stereocenters. The third-order valence-electron chi connectivity index (χ3n) is 5.43. The van der Waals surface area contributed by atoms with Gasteiger partial charge in [-0.15, -0.1) is 31.7 Å². The largest absolute Gasteiger partial charge is 0.303 e. The van der Waals surface area contributed by atoms with Crippen molar-refractivity contribution in [1.29, 1.82) is 0 Å². The van der Waals surface area contributed by atoms with Gasteiger partial charge in [0.2, 0.25) is 0 Å². The lowest BCUT2D eigenvalue weighted by Crippen LogP contribution is -2.12. The SMILES string of the molecule is c1ccc(-c2nnc3n2[C@H](CSc2nnc(Cc4cccs4)n2C2CC2)CS3)cc1. The minimum atomic E-state index is 0.352. The second-order valence-electron chi connectivity index (χ2n) is 7.57. The van der Waals surface area contributed by atoms with Crippen LogP contribution in [0.2, 0.25) is 0 Å². The molecule has 6 nitrogen and oxygen atoms in total. The molecule has 6 rings (SSSR count). The Morgan fingerprint density at radius 1 is 0.967 bits per heavy atom. The Kier molecular flexibility index (Phi) is 4.89. The lowest BCUT2D eigenvalue weighted by Gasteiger charge is -2.15. The molecule has 0 N–H and O–H groups in total. The number of benzene rings is 1. The summed E-state index contributed by atoms with van der Waals surface area (Å²) in [6.45, 7) is 0. The first kappa shape index (κ1) is 18.7. The van der Waals surface area contributed by atoms with Gasteiger partial charge in [-0.3, -0.25) is 4.57 Å². The Labute approximate surface area is 187 Å². The molecule has 4 aromatic rings. The predicted octanol–water partition coefficient (Wildman–Crippen LogP) is 4.96. The predicted molar refractivity (Wildman–Crippen MR) is 121 cm³/mol. The maximum absolute atomic E-state index is 4.58. The maximum atomic E-state index is 4.58. The molecule has 0 amide bonds. The van der Waals surface area contributed by atoms with Crippen LogP contribution in [-0.4, -0.2) is 41.0 Å². The van der Waals surface area contributed by atoms with E-state index in [9.17, 15) is 0 Å². The molecule has 4 heterocycles. The van der Waals surface area contributed by atoms with Gasteiger partial charge in [0, 0.05) is 34.4 Å². The number of nitrogens with zero attached hydrogens (tertiary/aromatic N) is 6. The van der Waals surface area contributed by atoms with Crippen LogP contribution >= 0.6 is 34.9 Å². The average molecular weight is 453 g/mol. The molecular weight excluding hydrogens is 432 g/mol. The van der Waals surface area contributed by atoms with Crippen molar-refractivity contribution in [2.45, 2.75) is 41.7 Å². The van der Waals surface area contributed by atoms with Gasteiger partial charge in [0.05, 0.1) is 6.04 Å².